The van der Waals surface area contributed by atoms with Crippen molar-refractivity contribution in [3.05, 3.63) is 22.9 Å². The Bertz CT molecular complexity index is 206. The van der Waals surface area contributed by atoms with Gasteiger partial charge in [0.25, 0.3) is 0 Å². The van der Waals surface area contributed by atoms with E-state index in [0.29, 0.717) is 0 Å². The van der Waals surface area contributed by atoms with E-state index in [1.54, 1.807) is 11.3 Å². The molecule has 0 amide bonds. The van der Waals surface area contributed by atoms with E-state index in [1.807, 2.05) is 22.9 Å². The van der Waals surface area contributed by atoms with Gasteiger partial charge in [0, 0.05) is 0 Å². The summed E-state index contributed by atoms with van der Waals surface area (Å²) in [5.74, 6) is 0. The van der Waals surface area contributed by atoms with Gasteiger partial charge in [0.15, 0.2) is 0 Å². The fourth-order valence-corrected chi connectivity index (χ4v) is 0.997. The van der Waals surface area contributed by atoms with Crippen LogP contribution < -0.4 is 0 Å². The minimum atomic E-state index is -1.45. The molecule has 71 valence electrons. The van der Waals surface area contributed by atoms with Crippen molar-refractivity contribution in [3.63, 3.8) is 0 Å². The molecule has 0 unspecified atom stereocenters. The van der Waals surface area contributed by atoms with Crippen molar-refractivity contribution < 1.29 is 25.3 Å². The third kappa shape index (κ3) is 14.0. The minimum absolute atomic E-state index is 0. The summed E-state index contributed by atoms with van der Waals surface area (Å²) >= 11 is 0.259. The molecule has 1 rings (SSSR count). The SMILES string of the molecule is O.O=[C](O)[Al][C](=O)O.c1ccsc1. The van der Waals surface area contributed by atoms with Crippen molar-refractivity contribution >= 4 is 36.2 Å². The molecule has 0 aromatic carbocycles. The van der Waals surface area contributed by atoms with Crippen LogP contribution in [0.4, 0.5) is 9.59 Å². The second-order valence-electron chi connectivity index (χ2n) is 1.61. The highest BCUT2D eigenvalue weighted by molar-refractivity contribution is 7.07. The van der Waals surface area contributed by atoms with Crippen LogP contribution in [0.3, 0.4) is 0 Å². The molecule has 1 heterocycles. The third-order valence-electron chi connectivity index (χ3n) is 0.672. The lowest BCUT2D eigenvalue weighted by atomic mass is 10.7. The molecule has 5 nitrogen and oxygen atoms in total. The molecule has 1 radical (unpaired) electrons. The topological polar surface area (TPSA) is 106 Å². The first-order valence-corrected chi connectivity index (χ1v) is 5.00. The van der Waals surface area contributed by atoms with Gasteiger partial charge < -0.3 is 15.7 Å². The van der Waals surface area contributed by atoms with Gasteiger partial charge in [0.05, 0.1) is 0 Å². The molecular weight excluding hydrogens is 211 g/mol. The molecule has 0 saturated heterocycles. The molecule has 1 aromatic rings. The zero-order chi connectivity index (χ0) is 9.40. The maximum atomic E-state index is 9.47. The number of carboxylic acid groups (broad SMARTS) is 2. The molecule has 4 N–H and O–H groups in total. The normalized spacial score (nSPS) is 7.08. The smallest absolute Gasteiger partial charge is 0.496 e. The lowest BCUT2D eigenvalue weighted by Crippen LogP contribution is -2.14. The lowest BCUT2D eigenvalue weighted by molar-refractivity contribution is 0.213. The standard InChI is InChI=1S/C4H4S.2CHO2.Al.H2O/c1-2-4-5-3-1;2*2-1-3;;/h1-4H;2*(H,2,3);;1H2. The molecule has 0 aliphatic rings. The van der Waals surface area contributed by atoms with Crippen molar-refractivity contribution in [1.29, 1.82) is 0 Å². The summed E-state index contributed by atoms with van der Waals surface area (Å²) in [6, 6.07) is 4.04. The van der Waals surface area contributed by atoms with Gasteiger partial charge in [-0.3, -0.25) is 9.59 Å². The van der Waals surface area contributed by atoms with Crippen molar-refractivity contribution in [2.45, 2.75) is 0 Å². The van der Waals surface area contributed by atoms with E-state index in [1.165, 1.54) is 0 Å². The molecule has 0 bridgehead atoms. The highest BCUT2D eigenvalue weighted by Crippen LogP contribution is 1.91. The second kappa shape index (κ2) is 9.22. The largest absolute Gasteiger partial charge is 0.560 e. The molecule has 7 heteroatoms. The number of carbonyl (C=O) groups is 2. The summed E-state index contributed by atoms with van der Waals surface area (Å²) in [5.41, 5.74) is 0. The number of thiophene rings is 1. The van der Waals surface area contributed by atoms with Gasteiger partial charge in [-0.2, -0.15) is 11.3 Å². The highest BCUT2D eigenvalue weighted by atomic mass is 32.1. The predicted octanol–water partition coefficient (Wildman–Crippen LogP) is 0.970. The van der Waals surface area contributed by atoms with Gasteiger partial charge in [-0.1, -0.05) is 12.1 Å². The monoisotopic (exact) mass is 219 g/mol. The molecule has 0 atom stereocenters. The number of hydrogen-bond acceptors (Lipinski definition) is 3. The minimum Gasteiger partial charge on any atom is -0.496 e. The Balaban J connectivity index is 0. The van der Waals surface area contributed by atoms with E-state index >= 15 is 0 Å². The molecule has 13 heavy (non-hydrogen) atoms. The van der Waals surface area contributed by atoms with Crippen LogP contribution >= 0.6 is 11.3 Å². The zero-order valence-corrected chi connectivity index (χ0v) is 8.48. The van der Waals surface area contributed by atoms with Crippen LogP contribution in [-0.4, -0.2) is 40.6 Å². The van der Waals surface area contributed by atoms with E-state index in [-0.39, 0.29) is 5.48 Å². The highest BCUT2D eigenvalue weighted by Gasteiger charge is 2.10. The molecule has 0 spiro atoms. The summed E-state index contributed by atoms with van der Waals surface area (Å²) < 4.78 is 0. The summed E-state index contributed by atoms with van der Waals surface area (Å²) in [6.45, 7) is 0. The van der Waals surface area contributed by atoms with Crippen LogP contribution in [0.2, 0.25) is 0 Å². The molecule has 1 aromatic heterocycles. The van der Waals surface area contributed by atoms with Crippen molar-refractivity contribution in [3.8, 4) is 0 Å². The first-order chi connectivity index (χ1) is 5.63. The van der Waals surface area contributed by atoms with Crippen LogP contribution in [0.5, 0.6) is 0 Å². The van der Waals surface area contributed by atoms with Gasteiger partial charge in [-0.15, -0.1) is 0 Å². The van der Waals surface area contributed by atoms with Gasteiger partial charge in [-0.25, -0.2) is 0 Å². The first kappa shape index (κ1) is 14.6. The lowest BCUT2D eigenvalue weighted by Gasteiger charge is -1.77. The van der Waals surface area contributed by atoms with Crippen LogP contribution in [0, 0.1) is 0 Å². The summed E-state index contributed by atoms with van der Waals surface area (Å²) in [4.78, 5) is 16.5. The predicted molar refractivity (Wildman–Crippen MR) is 49.7 cm³/mol. The van der Waals surface area contributed by atoms with Crippen molar-refractivity contribution in [2.24, 2.45) is 0 Å². The number of rotatable bonds is 2. The maximum Gasteiger partial charge on any atom is 0.560 e. The van der Waals surface area contributed by atoms with Gasteiger partial charge >= 0.3 is 15.2 Å². The van der Waals surface area contributed by atoms with Crippen molar-refractivity contribution in [1.82, 2.24) is 0 Å². The van der Waals surface area contributed by atoms with Crippen LogP contribution in [-0.2, 0) is 0 Å². The van der Waals surface area contributed by atoms with Crippen LogP contribution in [0.1, 0.15) is 0 Å². The van der Waals surface area contributed by atoms with E-state index in [0.717, 1.165) is 0 Å². The van der Waals surface area contributed by atoms with Gasteiger partial charge in [0.1, 0.15) is 0 Å². The third-order valence-corrected chi connectivity index (χ3v) is 1.79. The van der Waals surface area contributed by atoms with E-state index < -0.39 is 24.9 Å². The Labute approximate surface area is 84.7 Å². The van der Waals surface area contributed by atoms with E-state index in [9.17, 15) is 9.59 Å². The average Bonchev–Trinajstić information content (AvgIpc) is 2.36. The maximum absolute atomic E-state index is 9.47. The molecular formula is C6H8AlO5S. The summed E-state index contributed by atoms with van der Waals surface area (Å²) in [7, 11) is 0. The second-order valence-corrected chi connectivity index (χ2v) is 3.71. The van der Waals surface area contributed by atoms with E-state index in [2.05, 4.69) is 0 Å². The molecule has 0 saturated carbocycles. The average molecular weight is 219 g/mol. The van der Waals surface area contributed by atoms with Gasteiger partial charge in [-0.05, 0) is 10.8 Å². The van der Waals surface area contributed by atoms with Crippen molar-refractivity contribution in [2.75, 3.05) is 0 Å². The fourth-order valence-electron chi connectivity index (χ4n) is 0.332. The Morgan fingerprint density at radius 2 is 1.46 bits per heavy atom. The van der Waals surface area contributed by atoms with Crippen LogP contribution in [0.15, 0.2) is 22.9 Å². The fraction of sp³-hybridized carbons (Fsp3) is 0. The Hall–Kier alpha value is -0.868. The molecule has 0 fully saturated rings. The quantitative estimate of drug-likeness (QED) is 0.722. The Kier molecular flexibility index (Phi) is 10.4. The van der Waals surface area contributed by atoms with E-state index in [4.69, 9.17) is 10.2 Å². The molecule has 0 aliphatic heterocycles. The molecule has 0 aliphatic carbocycles. The summed E-state index contributed by atoms with van der Waals surface area (Å²) in [6.07, 6.45) is 0. The van der Waals surface area contributed by atoms with Crippen LogP contribution in [0.25, 0.3) is 0 Å². The Morgan fingerprint density at radius 1 is 1.08 bits per heavy atom. The summed E-state index contributed by atoms with van der Waals surface area (Å²) in [5, 5.41) is 19.6. The van der Waals surface area contributed by atoms with Gasteiger partial charge in [0.2, 0.25) is 9.66 Å². The Morgan fingerprint density at radius 3 is 1.54 bits per heavy atom. The zero-order valence-electron chi connectivity index (χ0n) is 6.51. The number of hydrogen-bond donors (Lipinski definition) is 2. The first-order valence-electron chi connectivity index (χ1n) is 2.90.